The van der Waals surface area contributed by atoms with Crippen LogP contribution < -0.4 is 10.7 Å². The molecule has 1 aliphatic heterocycles. The third kappa shape index (κ3) is 1.07. The number of hydrazine groups is 1. The quantitative estimate of drug-likeness (QED) is 0.624. The molecule has 56 valence electrons. The molecule has 2 rings (SSSR count). The van der Waals surface area contributed by atoms with Gasteiger partial charge in [0.2, 0.25) is 6.40 Å². The van der Waals surface area contributed by atoms with E-state index in [1.807, 2.05) is 18.2 Å². The van der Waals surface area contributed by atoms with E-state index in [4.69, 9.17) is 4.84 Å². The maximum atomic E-state index is 4.91. The Kier molecular flexibility index (Phi) is 1.33. The third-order valence-corrected chi connectivity index (χ3v) is 1.21. The molecule has 0 fully saturated rings. The van der Waals surface area contributed by atoms with Crippen molar-refractivity contribution in [1.29, 1.82) is 0 Å². The van der Waals surface area contributed by atoms with E-state index in [2.05, 4.69) is 15.6 Å². The van der Waals surface area contributed by atoms with E-state index < -0.39 is 0 Å². The Labute approximate surface area is 63.2 Å². The number of anilines is 1. The highest BCUT2D eigenvalue weighted by atomic mass is 16.7. The lowest BCUT2D eigenvalue weighted by molar-refractivity contribution is 0.271. The van der Waals surface area contributed by atoms with Gasteiger partial charge in [-0.3, -0.25) is 0 Å². The van der Waals surface area contributed by atoms with Crippen molar-refractivity contribution >= 4 is 12.2 Å². The Morgan fingerprint density at radius 3 is 3.09 bits per heavy atom. The molecule has 2 heterocycles. The van der Waals surface area contributed by atoms with Gasteiger partial charge in [0.15, 0.2) is 5.82 Å². The number of hydrazone groups is 1. The smallest absolute Gasteiger partial charge is 0.231 e. The predicted octanol–water partition coefficient (Wildman–Crippen LogP) is 0.281. The van der Waals surface area contributed by atoms with Crippen molar-refractivity contribution in [2.24, 2.45) is 5.10 Å². The zero-order chi connectivity index (χ0) is 7.52. The number of pyridine rings is 1. The summed E-state index contributed by atoms with van der Waals surface area (Å²) >= 11 is 0. The summed E-state index contributed by atoms with van der Waals surface area (Å²) in [5.74, 6) is 0.671. The summed E-state index contributed by atoms with van der Waals surface area (Å²) in [6.45, 7) is 0. The van der Waals surface area contributed by atoms with Crippen molar-refractivity contribution in [3.63, 3.8) is 0 Å². The molecule has 0 saturated heterocycles. The summed E-state index contributed by atoms with van der Waals surface area (Å²) in [6, 6.07) is 5.51. The first kappa shape index (κ1) is 5.96. The van der Waals surface area contributed by atoms with Gasteiger partial charge >= 0.3 is 0 Å². The van der Waals surface area contributed by atoms with Crippen LogP contribution in [0.4, 0.5) is 5.82 Å². The average molecular weight is 150 g/mol. The van der Waals surface area contributed by atoms with Gasteiger partial charge in [0.05, 0.1) is 0 Å². The molecule has 1 N–H and O–H groups in total. The van der Waals surface area contributed by atoms with Crippen LogP contribution in [-0.2, 0) is 4.84 Å². The lowest BCUT2D eigenvalue weighted by Gasteiger charge is -2.11. The molecule has 0 amide bonds. The molecule has 0 atom stereocenters. The molecule has 0 radical (unpaired) electrons. The lowest BCUT2D eigenvalue weighted by Crippen LogP contribution is -2.28. The van der Waals surface area contributed by atoms with Gasteiger partial charge in [0, 0.05) is 6.20 Å². The van der Waals surface area contributed by atoms with Crippen LogP contribution in [0.3, 0.4) is 0 Å². The van der Waals surface area contributed by atoms with Crippen LogP contribution >= 0.6 is 0 Å². The summed E-state index contributed by atoms with van der Waals surface area (Å²) in [6.07, 6.45) is 2.98. The Morgan fingerprint density at radius 2 is 2.45 bits per heavy atom. The summed E-state index contributed by atoms with van der Waals surface area (Å²) < 4.78 is 0. The normalized spacial score (nSPS) is 14.4. The van der Waals surface area contributed by atoms with Crippen molar-refractivity contribution in [2.45, 2.75) is 0 Å². The number of nitrogens with one attached hydrogen (secondary N) is 1. The van der Waals surface area contributed by atoms with Crippen molar-refractivity contribution in [3.05, 3.63) is 24.4 Å². The molecule has 1 aliphatic rings. The topological polar surface area (TPSA) is 49.8 Å². The molecule has 0 aromatic carbocycles. The van der Waals surface area contributed by atoms with Crippen molar-refractivity contribution in [2.75, 3.05) is 5.17 Å². The SMILES string of the molecule is C1=NNN(c2ccccn2)O1. The number of nitrogens with zero attached hydrogens (tertiary/aromatic N) is 3. The minimum absolute atomic E-state index is 0.671. The number of hydrogen-bond acceptors (Lipinski definition) is 5. The van der Waals surface area contributed by atoms with Gasteiger partial charge in [-0.05, 0) is 12.1 Å². The second-order valence-electron chi connectivity index (χ2n) is 1.92. The second-order valence-corrected chi connectivity index (χ2v) is 1.92. The molecule has 5 heteroatoms. The molecule has 1 aromatic rings. The van der Waals surface area contributed by atoms with E-state index in [-0.39, 0.29) is 0 Å². The minimum Gasteiger partial charge on any atom is -0.342 e. The highest BCUT2D eigenvalue weighted by molar-refractivity contribution is 5.51. The van der Waals surface area contributed by atoms with E-state index in [0.29, 0.717) is 5.82 Å². The zero-order valence-corrected chi connectivity index (χ0v) is 5.64. The molecule has 0 aliphatic carbocycles. The molecule has 0 unspecified atom stereocenters. The maximum Gasteiger partial charge on any atom is 0.231 e. The fraction of sp³-hybridized carbons (Fsp3) is 0. The molecule has 0 spiro atoms. The molecular weight excluding hydrogens is 144 g/mol. The predicted molar refractivity (Wildman–Crippen MR) is 39.4 cm³/mol. The molecule has 0 bridgehead atoms. The van der Waals surface area contributed by atoms with Crippen molar-refractivity contribution < 1.29 is 4.84 Å². The Bertz CT molecular complexity index is 253. The first-order valence-corrected chi connectivity index (χ1v) is 3.12. The summed E-state index contributed by atoms with van der Waals surface area (Å²) in [5.41, 5.74) is 2.59. The van der Waals surface area contributed by atoms with Crippen LogP contribution in [0.25, 0.3) is 0 Å². The first-order chi connectivity index (χ1) is 5.47. The van der Waals surface area contributed by atoms with Gasteiger partial charge in [0.25, 0.3) is 0 Å². The van der Waals surface area contributed by atoms with Gasteiger partial charge in [0.1, 0.15) is 0 Å². The summed E-state index contributed by atoms with van der Waals surface area (Å²) in [7, 11) is 0. The standard InChI is InChI=1S/C6H6N4O/c1-2-4-7-6(3-1)10-9-8-5-11-10/h1-5,9H. The minimum atomic E-state index is 0.671. The van der Waals surface area contributed by atoms with E-state index in [9.17, 15) is 0 Å². The van der Waals surface area contributed by atoms with E-state index in [0.717, 1.165) is 0 Å². The maximum absolute atomic E-state index is 4.91. The van der Waals surface area contributed by atoms with Gasteiger partial charge in [-0.25, -0.2) is 4.98 Å². The fourth-order valence-corrected chi connectivity index (χ4v) is 0.749. The van der Waals surface area contributed by atoms with E-state index in [1.54, 1.807) is 6.20 Å². The molecule has 11 heavy (non-hydrogen) atoms. The highest BCUT2D eigenvalue weighted by Gasteiger charge is 2.08. The summed E-state index contributed by atoms with van der Waals surface area (Å²) in [4.78, 5) is 8.93. The molecule has 0 saturated carbocycles. The van der Waals surface area contributed by atoms with Crippen LogP contribution in [0.2, 0.25) is 0 Å². The fourth-order valence-electron chi connectivity index (χ4n) is 0.749. The van der Waals surface area contributed by atoms with Crippen LogP contribution in [0.15, 0.2) is 29.5 Å². The van der Waals surface area contributed by atoms with Gasteiger partial charge in [-0.2, -0.15) is 5.53 Å². The average Bonchev–Trinajstić information content (AvgIpc) is 2.58. The lowest BCUT2D eigenvalue weighted by atomic mass is 10.5. The van der Waals surface area contributed by atoms with Gasteiger partial charge < -0.3 is 4.84 Å². The monoisotopic (exact) mass is 150 g/mol. The number of aromatic nitrogens is 1. The molecule has 1 aromatic heterocycles. The summed E-state index contributed by atoms with van der Waals surface area (Å²) in [5, 5.41) is 4.99. The highest BCUT2D eigenvalue weighted by Crippen LogP contribution is 2.07. The Hall–Kier alpha value is -1.78. The molecule has 5 nitrogen and oxygen atoms in total. The molecular formula is C6H6N4O. The van der Waals surface area contributed by atoms with Crippen LogP contribution in [-0.4, -0.2) is 11.4 Å². The Balaban J connectivity index is 2.17. The van der Waals surface area contributed by atoms with E-state index in [1.165, 1.54) is 11.6 Å². The largest absolute Gasteiger partial charge is 0.342 e. The van der Waals surface area contributed by atoms with Crippen molar-refractivity contribution in [1.82, 2.24) is 10.5 Å². The zero-order valence-electron chi connectivity index (χ0n) is 5.64. The third-order valence-electron chi connectivity index (χ3n) is 1.21. The van der Waals surface area contributed by atoms with E-state index >= 15 is 0 Å². The van der Waals surface area contributed by atoms with Gasteiger partial charge in [-0.15, -0.1) is 5.10 Å². The second kappa shape index (κ2) is 2.45. The van der Waals surface area contributed by atoms with Crippen molar-refractivity contribution in [3.8, 4) is 0 Å². The Morgan fingerprint density at radius 1 is 1.45 bits per heavy atom. The van der Waals surface area contributed by atoms with Gasteiger partial charge in [-0.1, -0.05) is 11.2 Å². The van der Waals surface area contributed by atoms with Crippen LogP contribution in [0.1, 0.15) is 0 Å². The number of hydrogen-bond donors (Lipinski definition) is 1. The van der Waals surface area contributed by atoms with Crippen LogP contribution in [0, 0.1) is 0 Å². The van der Waals surface area contributed by atoms with Crippen LogP contribution in [0.5, 0.6) is 0 Å². The first-order valence-electron chi connectivity index (χ1n) is 3.12. The number of rotatable bonds is 1.